The van der Waals surface area contributed by atoms with Crippen molar-refractivity contribution in [1.82, 2.24) is 0 Å². The predicted octanol–water partition coefficient (Wildman–Crippen LogP) is 3.21. The zero-order valence-corrected chi connectivity index (χ0v) is 10.0. The second-order valence-corrected chi connectivity index (χ2v) is 3.87. The maximum Gasteiger partial charge on any atom is 0.305 e. The number of esters is 1. The Morgan fingerprint density at radius 1 is 1.07 bits per heavy atom. The van der Waals surface area contributed by atoms with Gasteiger partial charge in [-0.2, -0.15) is 12.6 Å². The monoisotopic (exact) mass is 218 g/mol. The summed E-state index contributed by atoms with van der Waals surface area (Å²) in [5, 5.41) is 0. The first-order chi connectivity index (χ1) is 6.81. The maximum absolute atomic E-state index is 10.8. The lowest BCUT2D eigenvalue weighted by Crippen LogP contribution is -2.03. The van der Waals surface area contributed by atoms with E-state index in [4.69, 9.17) is 4.74 Å². The lowest BCUT2D eigenvalue weighted by Gasteiger charge is -2.02. The van der Waals surface area contributed by atoms with E-state index >= 15 is 0 Å². The van der Waals surface area contributed by atoms with Gasteiger partial charge in [0.15, 0.2) is 0 Å². The van der Waals surface area contributed by atoms with Crippen LogP contribution in [0.25, 0.3) is 0 Å². The summed E-state index contributed by atoms with van der Waals surface area (Å²) in [7, 11) is 0. The molecule has 0 aromatic heterocycles. The molecule has 0 saturated heterocycles. The van der Waals surface area contributed by atoms with Gasteiger partial charge in [0.2, 0.25) is 0 Å². The molecule has 0 unspecified atom stereocenters. The molecule has 0 aromatic carbocycles. The molecule has 2 nitrogen and oxygen atoms in total. The molecule has 84 valence electrons. The number of rotatable bonds is 9. The molecule has 0 saturated carbocycles. The van der Waals surface area contributed by atoms with Gasteiger partial charge in [0.05, 0.1) is 6.61 Å². The molecule has 0 radical (unpaired) electrons. The molecule has 0 bridgehead atoms. The summed E-state index contributed by atoms with van der Waals surface area (Å²) in [5.41, 5.74) is 0. The summed E-state index contributed by atoms with van der Waals surface area (Å²) >= 11 is 4.15. The molecule has 0 atom stereocenters. The fourth-order valence-electron chi connectivity index (χ4n) is 1.21. The number of thiol groups is 1. The van der Waals surface area contributed by atoms with Crippen LogP contribution in [0.1, 0.15) is 51.9 Å². The molecule has 0 amide bonds. The maximum atomic E-state index is 10.8. The largest absolute Gasteiger partial charge is 0.466 e. The predicted molar refractivity (Wildman–Crippen MR) is 62.8 cm³/mol. The zero-order valence-electron chi connectivity index (χ0n) is 9.13. The molecule has 0 fully saturated rings. The molecule has 0 rings (SSSR count). The van der Waals surface area contributed by atoms with Gasteiger partial charge in [-0.15, -0.1) is 0 Å². The van der Waals surface area contributed by atoms with Gasteiger partial charge in [-0.05, 0) is 18.6 Å². The van der Waals surface area contributed by atoms with Crippen LogP contribution in [0.3, 0.4) is 0 Å². The van der Waals surface area contributed by atoms with Crippen molar-refractivity contribution in [3.05, 3.63) is 0 Å². The lowest BCUT2D eigenvalue weighted by molar-refractivity contribution is -0.143. The molecule has 0 aliphatic rings. The van der Waals surface area contributed by atoms with E-state index in [1.54, 1.807) is 0 Å². The highest BCUT2D eigenvalue weighted by Gasteiger charge is 1.96. The van der Waals surface area contributed by atoms with Crippen LogP contribution < -0.4 is 0 Å². The Morgan fingerprint density at radius 3 is 2.21 bits per heavy atom. The van der Waals surface area contributed by atoms with Crippen LogP contribution >= 0.6 is 12.6 Å². The molecular weight excluding hydrogens is 196 g/mol. The molecule has 0 aliphatic heterocycles. The quantitative estimate of drug-likeness (QED) is 0.365. The third-order valence-corrected chi connectivity index (χ3v) is 2.42. The second kappa shape index (κ2) is 10.9. The molecule has 0 aliphatic carbocycles. The van der Waals surface area contributed by atoms with Crippen LogP contribution in [0.4, 0.5) is 0 Å². The standard InChI is InChI=1S/C11H22O2S/c1-2-11(12)13-9-7-5-3-4-6-8-10-14/h14H,2-10H2,1H3. The molecule has 14 heavy (non-hydrogen) atoms. The number of hydrogen-bond donors (Lipinski definition) is 1. The molecule has 0 aromatic rings. The van der Waals surface area contributed by atoms with Gasteiger partial charge in [-0.3, -0.25) is 4.79 Å². The number of hydrogen-bond acceptors (Lipinski definition) is 3. The van der Waals surface area contributed by atoms with Crippen molar-refractivity contribution < 1.29 is 9.53 Å². The van der Waals surface area contributed by atoms with Crippen LogP contribution in [-0.4, -0.2) is 18.3 Å². The first-order valence-corrected chi connectivity index (χ1v) is 6.21. The van der Waals surface area contributed by atoms with Crippen LogP contribution in [0.5, 0.6) is 0 Å². The Hall–Kier alpha value is -0.180. The van der Waals surface area contributed by atoms with Crippen molar-refractivity contribution in [3.63, 3.8) is 0 Å². The Labute approximate surface area is 92.8 Å². The van der Waals surface area contributed by atoms with Crippen LogP contribution in [0.2, 0.25) is 0 Å². The summed E-state index contributed by atoms with van der Waals surface area (Å²) in [5.74, 6) is 0.911. The van der Waals surface area contributed by atoms with E-state index < -0.39 is 0 Å². The number of ether oxygens (including phenoxy) is 1. The first kappa shape index (κ1) is 13.8. The van der Waals surface area contributed by atoms with E-state index in [1.165, 1.54) is 32.1 Å². The minimum absolute atomic E-state index is 0.0833. The zero-order chi connectivity index (χ0) is 10.6. The fraction of sp³-hybridized carbons (Fsp3) is 0.909. The molecule has 0 N–H and O–H groups in total. The van der Waals surface area contributed by atoms with Gasteiger partial charge in [-0.1, -0.05) is 32.6 Å². The third-order valence-electron chi connectivity index (χ3n) is 2.10. The van der Waals surface area contributed by atoms with E-state index in [-0.39, 0.29) is 5.97 Å². The number of carbonyl (C=O) groups excluding carboxylic acids is 1. The van der Waals surface area contributed by atoms with Crippen molar-refractivity contribution in [2.45, 2.75) is 51.9 Å². The highest BCUT2D eigenvalue weighted by atomic mass is 32.1. The third kappa shape index (κ3) is 9.90. The van der Waals surface area contributed by atoms with E-state index in [2.05, 4.69) is 12.6 Å². The number of carbonyl (C=O) groups is 1. The summed E-state index contributed by atoms with van der Waals surface area (Å²) in [6.07, 6.45) is 7.68. The van der Waals surface area contributed by atoms with Crippen molar-refractivity contribution in [2.24, 2.45) is 0 Å². The van der Waals surface area contributed by atoms with E-state index in [0.717, 1.165) is 12.2 Å². The van der Waals surface area contributed by atoms with Gasteiger partial charge in [0.25, 0.3) is 0 Å². The van der Waals surface area contributed by atoms with Crippen LogP contribution in [0.15, 0.2) is 0 Å². The minimum Gasteiger partial charge on any atom is -0.466 e. The van der Waals surface area contributed by atoms with Gasteiger partial charge in [0, 0.05) is 6.42 Å². The highest BCUT2D eigenvalue weighted by molar-refractivity contribution is 7.80. The van der Waals surface area contributed by atoms with Gasteiger partial charge >= 0.3 is 5.97 Å². The summed E-state index contributed by atoms with van der Waals surface area (Å²) in [6.45, 7) is 2.42. The normalized spacial score (nSPS) is 10.1. The molecule has 3 heteroatoms. The van der Waals surface area contributed by atoms with Crippen molar-refractivity contribution in [2.75, 3.05) is 12.4 Å². The number of unbranched alkanes of at least 4 members (excludes halogenated alkanes) is 5. The van der Waals surface area contributed by atoms with E-state index in [9.17, 15) is 4.79 Å². The minimum atomic E-state index is -0.0833. The highest BCUT2D eigenvalue weighted by Crippen LogP contribution is 2.06. The average Bonchev–Trinajstić information content (AvgIpc) is 2.21. The van der Waals surface area contributed by atoms with Crippen molar-refractivity contribution >= 4 is 18.6 Å². The Kier molecular flexibility index (Phi) is 10.8. The lowest BCUT2D eigenvalue weighted by atomic mass is 10.1. The Morgan fingerprint density at radius 2 is 1.64 bits per heavy atom. The summed E-state index contributed by atoms with van der Waals surface area (Å²) < 4.78 is 4.97. The van der Waals surface area contributed by atoms with Crippen molar-refractivity contribution in [3.8, 4) is 0 Å². The summed E-state index contributed by atoms with van der Waals surface area (Å²) in [6, 6.07) is 0. The smallest absolute Gasteiger partial charge is 0.305 e. The van der Waals surface area contributed by atoms with Crippen LogP contribution in [0, 0.1) is 0 Å². The first-order valence-electron chi connectivity index (χ1n) is 5.57. The Bertz CT molecular complexity index is 137. The van der Waals surface area contributed by atoms with Crippen LogP contribution in [-0.2, 0) is 9.53 Å². The van der Waals surface area contributed by atoms with E-state index in [0.29, 0.717) is 13.0 Å². The Balaban J connectivity index is 2.95. The molecular formula is C11H22O2S. The second-order valence-electron chi connectivity index (χ2n) is 3.42. The van der Waals surface area contributed by atoms with Gasteiger partial charge in [0.1, 0.15) is 0 Å². The molecule has 0 spiro atoms. The average molecular weight is 218 g/mol. The molecule has 0 heterocycles. The van der Waals surface area contributed by atoms with Gasteiger partial charge in [-0.25, -0.2) is 0 Å². The SMILES string of the molecule is CCC(=O)OCCCCCCCCS. The van der Waals surface area contributed by atoms with Gasteiger partial charge < -0.3 is 4.74 Å². The summed E-state index contributed by atoms with van der Waals surface area (Å²) in [4.78, 5) is 10.8. The topological polar surface area (TPSA) is 26.3 Å². The fourth-order valence-corrected chi connectivity index (χ4v) is 1.43. The van der Waals surface area contributed by atoms with E-state index in [1.807, 2.05) is 6.92 Å². The van der Waals surface area contributed by atoms with Crippen molar-refractivity contribution in [1.29, 1.82) is 0 Å².